The average Bonchev–Trinajstić information content (AvgIpc) is 3.18. The molecule has 0 spiro atoms. The van der Waals surface area contributed by atoms with E-state index in [9.17, 15) is 4.79 Å². The summed E-state index contributed by atoms with van der Waals surface area (Å²) < 4.78 is 3.60. The molecule has 0 aliphatic carbocycles. The molecule has 0 saturated carbocycles. The second-order valence-corrected chi connectivity index (χ2v) is 6.12. The molecule has 0 fully saturated rings. The lowest BCUT2D eigenvalue weighted by Crippen LogP contribution is -2.39. The van der Waals surface area contributed by atoms with E-state index >= 15 is 0 Å². The molecule has 3 heterocycles. The van der Waals surface area contributed by atoms with Crippen LogP contribution in [0.25, 0.3) is 10.9 Å². The number of carbonyl (C=O) groups is 1. The van der Waals surface area contributed by atoms with Crippen LogP contribution in [0.5, 0.6) is 0 Å². The van der Waals surface area contributed by atoms with E-state index in [2.05, 4.69) is 20.7 Å². The fraction of sp³-hybridized carbons (Fsp3) is 0.250. The number of benzene rings is 1. The molecule has 1 aliphatic heterocycles. The van der Waals surface area contributed by atoms with Crippen LogP contribution in [-0.2, 0) is 24.4 Å². The summed E-state index contributed by atoms with van der Waals surface area (Å²) in [6.07, 6.45) is 1.40. The standard InChI is InChI=1S/C16H13ClN6O/c17-12-2-1-11-5-13-8-21(3-4-23(13)14(11)6-12)16(24)9-22-10-19-15(7-18)20-22/h1-2,5-6,10H,3-4,8-9H2. The maximum Gasteiger partial charge on any atom is 0.252 e. The summed E-state index contributed by atoms with van der Waals surface area (Å²) in [5, 5.41) is 14.5. The molecule has 0 bridgehead atoms. The Morgan fingerprint density at radius 1 is 1.33 bits per heavy atom. The highest BCUT2D eigenvalue weighted by Crippen LogP contribution is 2.26. The minimum atomic E-state index is -0.0427. The first-order valence-electron chi connectivity index (χ1n) is 7.49. The third-order valence-electron chi connectivity index (χ3n) is 4.18. The van der Waals surface area contributed by atoms with Gasteiger partial charge in [0.2, 0.25) is 5.91 Å². The lowest BCUT2D eigenvalue weighted by atomic mass is 10.2. The maximum atomic E-state index is 12.5. The summed E-state index contributed by atoms with van der Waals surface area (Å²) in [7, 11) is 0. The van der Waals surface area contributed by atoms with Gasteiger partial charge in [0.05, 0.1) is 6.54 Å². The van der Waals surface area contributed by atoms with E-state index in [-0.39, 0.29) is 18.3 Å². The fourth-order valence-corrected chi connectivity index (χ4v) is 3.21. The largest absolute Gasteiger partial charge is 0.341 e. The van der Waals surface area contributed by atoms with Gasteiger partial charge in [-0.05, 0) is 18.2 Å². The van der Waals surface area contributed by atoms with E-state index in [0.717, 1.165) is 23.1 Å². The number of carbonyl (C=O) groups excluding carboxylic acids is 1. The number of hydrogen-bond acceptors (Lipinski definition) is 4. The second-order valence-electron chi connectivity index (χ2n) is 5.68. The molecule has 0 unspecified atom stereocenters. The zero-order valence-electron chi connectivity index (χ0n) is 12.7. The number of nitrogens with zero attached hydrogens (tertiary/aromatic N) is 6. The Hall–Kier alpha value is -2.85. The topological polar surface area (TPSA) is 79.7 Å². The highest BCUT2D eigenvalue weighted by Gasteiger charge is 2.23. The molecule has 120 valence electrons. The number of nitriles is 1. The normalized spacial score (nSPS) is 13.8. The van der Waals surface area contributed by atoms with E-state index < -0.39 is 0 Å². The first kappa shape index (κ1) is 14.7. The summed E-state index contributed by atoms with van der Waals surface area (Å²) in [4.78, 5) is 18.1. The number of fused-ring (bicyclic) bond motifs is 3. The molecule has 1 aromatic carbocycles. The highest BCUT2D eigenvalue weighted by molar-refractivity contribution is 6.31. The molecule has 4 rings (SSSR count). The summed E-state index contributed by atoms with van der Waals surface area (Å²) >= 11 is 6.09. The van der Waals surface area contributed by atoms with Crippen LogP contribution in [0, 0.1) is 11.3 Å². The van der Waals surface area contributed by atoms with Gasteiger partial charge >= 0.3 is 0 Å². The van der Waals surface area contributed by atoms with Crippen molar-refractivity contribution in [3.8, 4) is 6.07 Å². The third-order valence-corrected chi connectivity index (χ3v) is 4.42. The first-order chi connectivity index (χ1) is 11.6. The van der Waals surface area contributed by atoms with Crippen molar-refractivity contribution in [1.82, 2.24) is 24.2 Å². The lowest BCUT2D eigenvalue weighted by molar-refractivity contribution is -0.133. The molecule has 24 heavy (non-hydrogen) atoms. The van der Waals surface area contributed by atoms with Crippen LogP contribution in [0.15, 0.2) is 30.6 Å². The lowest BCUT2D eigenvalue weighted by Gasteiger charge is -2.29. The van der Waals surface area contributed by atoms with Gasteiger partial charge in [0.15, 0.2) is 0 Å². The van der Waals surface area contributed by atoms with Crippen molar-refractivity contribution in [1.29, 1.82) is 5.26 Å². The highest BCUT2D eigenvalue weighted by atomic mass is 35.5. The zero-order chi connectivity index (χ0) is 16.7. The molecule has 2 aromatic heterocycles. The van der Waals surface area contributed by atoms with E-state index in [1.54, 1.807) is 4.90 Å². The zero-order valence-corrected chi connectivity index (χ0v) is 13.4. The predicted octanol–water partition coefficient (Wildman–Crippen LogP) is 1.80. The van der Waals surface area contributed by atoms with Crippen molar-refractivity contribution in [3.05, 3.63) is 47.1 Å². The van der Waals surface area contributed by atoms with Gasteiger partial charge in [0.1, 0.15) is 18.9 Å². The second kappa shape index (κ2) is 5.65. The SMILES string of the molecule is N#Cc1ncn(CC(=O)N2CCn3c(cc4ccc(Cl)cc43)C2)n1. The van der Waals surface area contributed by atoms with Crippen LogP contribution < -0.4 is 0 Å². The summed E-state index contributed by atoms with van der Waals surface area (Å²) in [6.45, 7) is 1.99. The Kier molecular flexibility index (Phi) is 3.47. The van der Waals surface area contributed by atoms with Gasteiger partial charge in [0, 0.05) is 34.7 Å². The minimum Gasteiger partial charge on any atom is -0.341 e. The molecule has 8 heteroatoms. The molecule has 0 atom stereocenters. The van der Waals surface area contributed by atoms with Crippen molar-refractivity contribution in [3.63, 3.8) is 0 Å². The summed E-state index contributed by atoms with van der Waals surface area (Å²) in [6, 6.07) is 9.76. The van der Waals surface area contributed by atoms with Crippen LogP contribution in [0.2, 0.25) is 5.02 Å². The van der Waals surface area contributed by atoms with Crippen molar-refractivity contribution in [2.24, 2.45) is 0 Å². The molecule has 7 nitrogen and oxygen atoms in total. The van der Waals surface area contributed by atoms with Crippen molar-refractivity contribution < 1.29 is 4.79 Å². The number of halogens is 1. The van der Waals surface area contributed by atoms with Gasteiger partial charge in [-0.3, -0.25) is 4.79 Å². The van der Waals surface area contributed by atoms with Gasteiger partial charge < -0.3 is 9.47 Å². The molecule has 0 radical (unpaired) electrons. The molecular formula is C16H13ClN6O. The van der Waals surface area contributed by atoms with E-state index in [1.165, 1.54) is 11.0 Å². The van der Waals surface area contributed by atoms with Gasteiger partial charge in [-0.2, -0.15) is 5.26 Å². The van der Waals surface area contributed by atoms with Crippen molar-refractivity contribution in [2.75, 3.05) is 6.54 Å². The Labute approximate surface area is 142 Å². The van der Waals surface area contributed by atoms with Crippen LogP contribution in [0.3, 0.4) is 0 Å². The first-order valence-corrected chi connectivity index (χ1v) is 7.87. The minimum absolute atomic E-state index is 0.0427. The van der Waals surface area contributed by atoms with Crippen LogP contribution in [0.4, 0.5) is 0 Å². The number of aromatic nitrogens is 4. The smallest absolute Gasteiger partial charge is 0.252 e. The Balaban J connectivity index is 1.54. The van der Waals surface area contributed by atoms with Crippen molar-refractivity contribution >= 4 is 28.4 Å². The Morgan fingerprint density at radius 2 is 2.21 bits per heavy atom. The number of rotatable bonds is 2. The maximum absolute atomic E-state index is 12.5. The van der Waals surface area contributed by atoms with Crippen molar-refractivity contribution in [2.45, 2.75) is 19.6 Å². The van der Waals surface area contributed by atoms with Crippen LogP contribution >= 0.6 is 11.6 Å². The number of amides is 1. The van der Waals surface area contributed by atoms with Gasteiger partial charge in [-0.25, -0.2) is 9.67 Å². The van der Waals surface area contributed by atoms with E-state index in [4.69, 9.17) is 16.9 Å². The predicted molar refractivity (Wildman–Crippen MR) is 87.1 cm³/mol. The van der Waals surface area contributed by atoms with E-state index in [0.29, 0.717) is 18.1 Å². The molecule has 0 saturated heterocycles. The van der Waals surface area contributed by atoms with Gasteiger partial charge in [-0.1, -0.05) is 17.7 Å². The Morgan fingerprint density at radius 3 is 3.00 bits per heavy atom. The summed E-state index contributed by atoms with van der Waals surface area (Å²) in [5.41, 5.74) is 2.18. The average molecular weight is 341 g/mol. The van der Waals surface area contributed by atoms with Gasteiger partial charge in [0.25, 0.3) is 5.82 Å². The quantitative estimate of drug-likeness (QED) is 0.712. The monoisotopic (exact) mass is 340 g/mol. The summed E-state index contributed by atoms with van der Waals surface area (Å²) in [5.74, 6) is 0.0253. The molecule has 1 amide bonds. The third kappa shape index (κ3) is 2.51. The fourth-order valence-electron chi connectivity index (χ4n) is 3.05. The molecule has 1 aliphatic rings. The van der Waals surface area contributed by atoms with Crippen LogP contribution in [0.1, 0.15) is 11.5 Å². The van der Waals surface area contributed by atoms with E-state index in [1.807, 2.05) is 24.3 Å². The number of hydrogen-bond donors (Lipinski definition) is 0. The Bertz CT molecular complexity index is 982. The van der Waals surface area contributed by atoms with Gasteiger partial charge in [-0.15, -0.1) is 5.10 Å². The molecule has 0 N–H and O–H groups in total. The molecular weight excluding hydrogens is 328 g/mol. The van der Waals surface area contributed by atoms with Crippen LogP contribution in [-0.4, -0.2) is 36.7 Å². The molecule has 3 aromatic rings.